The monoisotopic (exact) mass is 292 g/mol. The molecule has 0 aliphatic carbocycles. The van der Waals surface area contributed by atoms with Crippen molar-refractivity contribution in [1.82, 2.24) is 0 Å². The molecule has 3 rings (SSSR count). The largest absolute Gasteiger partial charge is 0.490 e. The topological polar surface area (TPSA) is 47.9 Å². The molecule has 1 N–H and O–H groups in total. The summed E-state index contributed by atoms with van der Waals surface area (Å²) in [7, 11) is 0. The fraction of sp³-hybridized carbons (Fsp3) is 0.647. The fourth-order valence-electron chi connectivity index (χ4n) is 3.22. The van der Waals surface area contributed by atoms with E-state index >= 15 is 0 Å². The first kappa shape index (κ1) is 14.8. The average Bonchev–Trinajstić information content (AvgIpc) is 2.86. The quantitative estimate of drug-likeness (QED) is 0.930. The second kappa shape index (κ2) is 5.95. The number of hydrogen-bond acceptors (Lipinski definition) is 4. The molecule has 0 radical (unpaired) electrons. The van der Waals surface area contributed by atoms with Crippen molar-refractivity contribution in [1.29, 1.82) is 0 Å². The summed E-state index contributed by atoms with van der Waals surface area (Å²) in [4.78, 5) is 0. The minimum atomic E-state index is -0.524. The molecule has 0 saturated carbocycles. The standard InChI is InChI=1S/C17H24O4/c1-12-3-4-15(13(2)18)16(9-12)21-14-5-7-20-17(10-14)6-8-19-11-17/h3-4,9,13-14,18H,5-8,10-11H2,1-2H3/t13-,14?,17?/m0/s1. The van der Waals surface area contributed by atoms with Crippen LogP contribution in [0.4, 0.5) is 0 Å². The molecule has 2 saturated heterocycles. The van der Waals surface area contributed by atoms with Gasteiger partial charge in [-0.25, -0.2) is 0 Å². The van der Waals surface area contributed by atoms with Crippen LogP contribution in [0.25, 0.3) is 0 Å². The van der Waals surface area contributed by atoms with E-state index in [1.165, 1.54) is 0 Å². The Bertz CT molecular complexity index is 492. The Morgan fingerprint density at radius 1 is 1.38 bits per heavy atom. The number of hydrogen-bond donors (Lipinski definition) is 1. The lowest BCUT2D eigenvalue weighted by Crippen LogP contribution is -2.44. The van der Waals surface area contributed by atoms with Gasteiger partial charge in [0.1, 0.15) is 11.9 Å². The Kier molecular flexibility index (Phi) is 4.20. The van der Waals surface area contributed by atoms with Crippen molar-refractivity contribution in [3.63, 3.8) is 0 Å². The molecule has 2 fully saturated rings. The minimum Gasteiger partial charge on any atom is -0.490 e. The van der Waals surface area contributed by atoms with Gasteiger partial charge in [-0.15, -0.1) is 0 Å². The number of ether oxygens (including phenoxy) is 3. The number of benzene rings is 1. The fourth-order valence-corrected chi connectivity index (χ4v) is 3.22. The molecule has 2 aliphatic heterocycles. The zero-order chi connectivity index (χ0) is 14.9. The van der Waals surface area contributed by atoms with Gasteiger partial charge in [-0.1, -0.05) is 12.1 Å². The van der Waals surface area contributed by atoms with Gasteiger partial charge in [-0.05, 0) is 25.5 Å². The zero-order valence-electron chi connectivity index (χ0n) is 12.8. The highest BCUT2D eigenvalue weighted by Crippen LogP contribution is 2.36. The van der Waals surface area contributed by atoms with E-state index in [4.69, 9.17) is 14.2 Å². The van der Waals surface area contributed by atoms with Crippen LogP contribution in [0.15, 0.2) is 18.2 Å². The maximum atomic E-state index is 9.91. The first-order valence-corrected chi connectivity index (χ1v) is 7.75. The van der Waals surface area contributed by atoms with Crippen LogP contribution in [0.3, 0.4) is 0 Å². The molecule has 4 nitrogen and oxygen atoms in total. The van der Waals surface area contributed by atoms with E-state index in [1.54, 1.807) is 6.92 Å². The molecule has 1 spiro atoms. The van der Waals surface area contributed by atoms with E-state index in [0.717, 1.165) is 42.7 Å². The third kappa shape index (κ3) is 3.23. The molecule has 4 heteroatoms. The normalized spacial score (nSPS) is 30.5. The minimum absolute atomic E-state index is 0.125. The molecule has 1 aromatic rings. The summed E-state index contributed by atoms with van der Waals surface area (Å²) in [5.41, 5.74) is 1.83. The van der Waals surface area contributed by atoms with E-state index in [2.05, 4.69) is 0 Å². The van der Waals surface area contributed by atoms with Crippen molar-refractivity contribution in [2.75, 3.05) is 19.8 Å². The van der Waals surface area contributed by atoms with Crippen LogP contribution in [-0.4, -0.2) is 36.6 Å². The van der Waals surface area contributed by atoms with Crippen molar-refractivity contribution in [2.45, 2.75) is 50.9 Å². The van der Waals surface area contributed by atoms with Crippen LogP contribution in [0.5, 0.6) is 5.75 Å². The van der Waals surface area contributed by atoms with Crippen LogP contribution < -0.4 is 4.74 Å². The van der Waals surface area contributed by atoms with E-state index in [1.807, 2.05) is 25.1 Å². The van der Waals surface area contributed by atoms with Crippen LogP contribution in [0.1, 0.15) is 43.4 Å². The van der Waals surface area contributed by atoms with E-state index < -0.39 is 6.10 Å². The van der Waals surface area contributed by atoms with Crippen molar-refractivity contribution in [3.8, 4) is 5.75 Å². The lowest BCUT2D eigenvalue weighted by atomic mass is 9.91. The lowest BCUT2D eigenvalue weighted by molar-refractivity contribution is -0.112. The number of aliphatic hydroxyl groups excluding tert-OH is 1. The Morgan fingerprint density at radius 2 is 2.24 bits per heavy atom. The first-order valence-electron chi connectivity index (χ1n) is 7.75. The Hall–Kier alpha value is -1.10. The maximum absolute atomic E-state index is 9.91. The molecule has 21 heavy (non-hydrogen) atoms. The second-order valence-corrected chi connectivity index (χ2v) is 6.28. The lowest BCUT2D eigenvalue weighted by Gasteiger charge is -2.37. The summed E-state index contributed by atoms with van der Waals surface area (Å²) in [6.07, 6.45) is 2.29. The van der Waals surface area contributed by atoms with Crippen LogP contribution in [0.2, 0.25) is 0 Å². The zero-order valence-corrected chi connectivity index (χ0v) is 12.8. The number of rotatable bonds is 3. The molecule has 0 amide bonds. The van der Waals surface area contributed by atoms with Crippen molar-refractivity contribution >= 4 is 0 Å². The van der Waals surface area contributed by atoms with Gasteiger partial charge in [0.15, 0.2) is 0 Å². The van der Waals surface area contributed by atoms with Crippen LogP contribution in [-0.2, 0) is 9.47 Å². The Balaban J connectivity index is 1.75. The third-order valence-electron chi connectivity index (χ3n) is 4.43. The maximum Gasteiger partial charge on any atom is 0.125 e. The highest BCUT2D eigenvalue weighted by Gasteiger charge is 2.42. The predicted octanol–water partition coefficient (Wildman–Crippen LogP) is 2.77. The van der Waals surface area contributed by atoms with Gasteiger partial charge in [0.25, 0.3) is 0 Å². The molecule has 2 aliphatic rings. The second-order valence-electron chi connectivity index (χ2n) is 6.28. The van der Waals surface area contributed by atoms with E-state index in [9.17, 15) is 5.11 Å². The molecule has 0 bridgehead atoms. The van der Waals surface area contributed by atoms with Gasteiger partial charge in [0.2, 0.25) is 0 Å². The van der Waals surface area contributed by atoms with E-state index in [-0.39, 0.29) is 11.7 Å². The van der Waals surface area contributed by atoms with Crippen LogP contribution >= 0.6 is 0 Å². The summed E-state index contributed by atoms with van der Waals surface area (Å²) in [5, 5.41) is 9.91. The highest BCUT2D eigenvalue weighted by molar-refractivity contribution is 5.38. The summed E-state index contributed by atoms with van der Waals surface area (Å²) in [6.45, 7) is 5.96. The van der Waals surface area contributed by atoms with Crippen molar-refractivity contribution < 1.29 is 19.3 Å². The van der Waals surface area contributed by atoms with Crippen LogP contribution in [0, 0.1) is 6.92 Å². The van der Waals surface area contributed by atoms with Crippen molar-refractivity contribution in [2.24, 2.45) is 0 Å². The molecule has 2 heterocycles. The molecule has 116 valence electrons. The van der Waals surface area contributed by atoms with Gasteiger partial charge in [-0.2, -0.15) is 0 Å². The highest BCUT2D eigenvalue weighted by atomic mass is 16.6. The predicted molar refractivity (Wildman–Crippen MR) is 79.6 cm³/mol. The van der Waals surface area contributed by atoms with Gasteiger partial charge < -0.3 is 19.3 Å². The number of aliphatic hydroxyl groups is 1. The number of aryl methyl sites for hydroxylation is 1. The molecule has 0 aromatic heterocycles. The van der Waals surface area contributed by atoms with Crippen molar-refractivity contribution in [3.05, 3.63) is 29.3 Å². The SMILES string of the molecule is Cc1ccc([C@H](C)O)c(OC2CCOC3(CCOC3)C2)c1. The van der Waals surface area contributed by atoms with Gasteiger partial charge in [-0.3, -0.25) is 0 Å². The average molecular weight is 292 g/mol. The van der Waals surface area contributed by atoms with Gasteiger partial charge >= 0.3 is 0 Å². The Morgan fingerprint density at radius 3 is 2.95 bits per heavy atom. The molecule has 3 atom stereocenters. The van der Waals surface area contributed by atoms with Gasteiger partial charge in [0, 0.05) is 31.4 Å². The third-order valence-corrected chi connectivity index (χ3v) is 4.43. The molecular weight excluding hydrogens is 268 g/mol. The molecular formula is C17H24O4. The smallest absolute Gasteiger partial charge is 0.125 e. The summed E-state index contributed by atoms with van der Waals surface area (Å²) < 4.78 is 17.7. The van der Waals surface area contributed by atoms with E-state index in [0.29, 0.717) is 13.2 Å². The summed E-state index contributed by atoms with van der Waals surface area (Å²) >= 11 is 0. The van der Waals surface area contributed by atoms with Gasteiger partial charge in [0.05, 0.1) is 24.9 Å². The first-order chi connectivity index (χ1) is 10.1. The summed E-state index contributed by atoms with van der Waals surface area (Å²) in [5.74, 6) is 0.797. The molecule has 2 unspecified atom stereocenters. The molecule has 1 aromatic carbocycles. The summed E-state index contributed by atoms with van der Waals surface area (Å²) in [6, 6.07) is 5.96. The Labute approximate surface area is 126 Å².